The lowest BCUT2D eigenvalue weighted by Gasteiger charge is -2.31. The van der Waals surface area contributed by atoms with Crippen molar-refractivity contribution in [2.24, 2.45) is 0 Å². The molecule has 0 aliphatic carbocycles. The van der Waals surface area contributed by atoms with E-state index in [0.717, 1.165) is 39.4 Å². The van der Waals surface area contributed by atoms with Gasteiger partial charge in [-0.25, -0.2) is 17.2 Å². The Morgan fingerprint density at radius 3 is 2.23 bits per heavy atom. The summed E-state index contributed by atoms with van der Waals surface area (Å²) >= 11 is 0. The van der Waals surface area contributed by atoms with Crippen molar-refractivity contribution in [3.05, 3.63) is 101 Å². The summed E-state index contributed by atoms with van der Waals surface area (Å²) in [6.07, 6.45) is 1.29. The van der Waals surface area contributed by atoms with Gasteiger partial charge in [-0.3, -0.25) is 13.9 Å². The summed E-state index contributed by atoms with van der Waals surface area (Å²) in [5.41, 5.74) is 2.71. The maximum Gasteiger partial charge on any atom is 0.242 e. The molecule has 39 heavy (non-hydrogen) atoms. The Hall–Kier alpha value is -3.79. The van der Waals surface area contributed by atoms with E-state index in [-0.39, 0.29) is 43.4 Å². The van der Waals surface area contributed by atoms with E-state index in [1.807, 2.05) is 61.5 Å². The molecule has 0 spiro atoms. The molecule has 2 amide bonds. The summed E-state index contributed by atoms with van der Waals surface area (Å²) in [4.78, 5) is 28.2. The van der Waals surface area contributed by atoms with Crippen LogP contribution in [0, 0.1) is 18.6 Å². The fourth-order valence-electron chi connectivity index (χ4n) is 4.37. The first-order chi connectivity index (χ1) is 18.5. The second kappa shape index (κ2) is 13.3. The van der Waals surface area contributed by atoms with Crippen LogP contribution in [0.1, 0.15) is 29.5 Å². The zero-order valence-corrected chi connectivity index (χ0v) is 23.0. The molecule has 0 saturated carbocycles. The molecule has 0 aromatic heterocycles. The number of nitrogens with one attached hydrogen (secondary N) is 1. The number of amides is 2. The lowest BCUT2D eigenvalue weighted by molar-refractivity contribution is -0.141. The first-order valence-corrected chi connectivity index (χ1v) is 14.4. The largest absolute Gasteiger partial charge is 0.357 e. The summed E-state index contributed by atoms with van der Waals surface area (Å²) < 4.78 is 53.0. The van der Waals surface area contributed by atoms with Gasteiger partial charge in [0.2, 0.25) is 21.8 Å². The van der Waals surface area contributed by atoms with Gasteiger partial charge in [-0.2, -0.15) is 0 Å². The van der Waals surface area contributed by atoms with Crippen LogP contribution >= 0.6 is 0 Å². The highest BCUT2D eigenvalue weighted by Crippen LogP contribution is 2.22. The molecule has 1 atom stereocenters. The topological polar surface area (TPSA) is 86.8 Å². The van der Waals surface area contributed by atoms with Crippen LogP contribution in [0.2, 0.25) is 0 Å². The van der Waals surface area contributed by atoms with E-state index in [1.165, 1.54) is 18.0 Å². The molecule has 3 rings (SSSR count). The number of hydrogen-bond donors (Lipinski definition) is 1. The zero-order valence-electron chi connectivity index (χ0n) is 22.2. The Kier molecular flexibility index (Phi) is 10.2. The number of carbonyl (C=O) groups is 2. The molecular weight excluding hydrogens is 524 g/mol. The first-order valence-electron chi connectivity index (χ1n) is 12.5. The van der Waals surface area contributed by atoms with Crippen molar-refractivity contribution in [3.8, 4) is 0 Å². The third-order valence-electron chi connectivity index (χ3n) is 6.30. The van der Waals surface area contributed by atoms with E-state index in [4.69, 9.17) is 0 Å². The highest BCUT2D eigenvalue weighted by molar-refractivity contribution is 7.92. The van der Waals surface area contributed by atoms with Crippen molar-refractivity contribution in [1.82, 2.24) is 10.2 Å². The van der Waals surface area contributed by atoms with Gasteiger partial charge in [0.25, 0.3) is 0 Å². The standard InChI is InChI=1S/C29H33F2N3O4S/c1-21-9-7-12-23(17-21)20-33(27(29(36)32-2)18-22-10-5-4-6-11-22)28(35)13-8-16-34(39(3,37)38)24-14-15-25(30)26(31)19-24/h4-7,9-12,14-15,17,19,27H,8,13,16,18,20H2,1-3H3,(H,32,36)/t27-/m0/s1. The van der Waals surface area contributed by atoms with Crippen molar-refractivity contribution in [2.45, 2.75) is 38.8 Å². The fourth-order valence-corrected chi connectivity index (χ4v) is 5.33. The average Bonchev–Trinajstić information content (AvgIpc) is 2.89. The van der Waals surface area contributed by atoms with Crippen LogP contribution in [0.15, 0.2) is 72.8 Å². The minimum Gasteiger partial charge on any atom is -0.357 e. The Morgan fingerprint density at radius 2 is 1.62 bits per heavy atom. The maximum atomic E-state index is 13.8. The molecule has 0 aliphatic rings. The molecule has 3 aromatic rings. The number of likely N-dealkylation sites (N-methyl/N-ethyl adjacent to an activating group) is 1. The van der Waals surface area contributed by atoms with Gasteiger partial charge in [0.15, 0.2) is 11.6 Å². The highest BCUT2D eigenvalue weighted by Gasteiger charge is 2.30. The number of rotatable bonds is 12. The highest BCUT2D eigenvalue weighted by atomic mass is 32.2. The molecule has 0 bridgehead atoms. The molecule has 0 heterocycles. The summed E-state index contributed by atoms with van der Waals surface area (Å²) in [7, 11) is -2.32. The van der Waals surface area contributed by atoms with Gasteiger partial charge >= 0.3 is 0 Å². The van der Waals surface area contributed by atoms with Crippen LogP contribution in [-0.2, 0) is 32.6 Å². The second-order valence-electron chi connectivity index (χ2n) is 9.37. The molecule has 3 aromatic carbocycles. The maximum absolute atomic E-state index is 13.8. The van der Waals surface area contributed by atoms with E-state index < -0.39 is 27.7 Å². The number of benzene rings is 3. The van der Waals surface area contributed by atoms with Gasteiger partial charge in [-0.15, -0.1) is 0 Å². The third kappa shape index (κ3) is 8.35. The van der Waals surface area contributed by atoms with E-state index in [2.05, 4.69) is 5.32 Å². The molecule has 1 N–H and O–H groups in total. The number of halogens is 2. The predicted octanol–water partition coefficient (Wildman–Crippen LogP) is 4.21. The average molecular weight is 558 g/mol. The SMILES string of the molecule is CNC(=O)[C@H](Cc1ccccc1)N(Cc1cccc(C)c1)C(=O)CCCN(c1ccc(F)c(F)c1)S(C)(=O)=O. The fraction of sp³-hybridized carbons (Fsp3) is 0.310. The predicted molar refractivity (Wildman–Crippen MR) is 148 cm³/mol. The van der Waals surface area contributed by atoms with E-state index in [0.29, 0.717) is 6.42 Å². The van der Waals surface area contributed by atoms with E-state index in [9.17, 15) is 26.8 Å². The quantitative estimate of drug-likeness (QED) is 0.362. The summed E-state index contributed by atoms with van der Waals surface area (Å²) in [6, 6.07) is 19.0. The number of sulfonamides is 1. The molecule has 0 radical (unpaired) electrons. The lowest BCUT2D eigenvalue weighted by atomic mass is 10.0. The molecule has 0 aliphatic heterocycles. The van der Waals surface area contributed by atoms with Crippen LogP contribution in [0.25, 0.3) is 0 Å². The summed E-state index contributed by atoms with van der Waals surface area (Å²) in [5, 5.41) is 2.66. The molecule has 0 unspecified atom stereocenters. The normalized spacial score (nSPS) is 12.0. The number of hydrogen-bond acceptors (Lipinski definition) is 4. The minimum atomic E-state index is -3.84. The monoisotopic (exact) mass is 557 g/mol. The summed E-state index contributed by atoms with van der Waals surface area (Å²) in [6.45, 7) is 2.00. The molecule has 0 saturated heterocycles. The number of carbonyl (C=O) groups excluding carboxylic acids is 2. The first kappa shape index (κ1) is 29.8. The van der Waals surface area contributed by atoms with Crippen molar-refractivity contribution in [2.75, 3.05) is 24.2 Å². The Balaban J connectivity index is 1.85. The molecule has 0 fully saturated rings. The second-order valence-corrected chi connectivity index (χ2v) is 11.3. The van der Waals surface area contributed by atoms with Crippen LogP contribution < -0.4 is 9.62 Å². The van der Waals surface area contributed by atoms with Crippen LogP contribution in [0.4, 0.5) is 14.5 Å². The van der Waals surface area contributed by atoms with Crippen molar-refractivity contribution in [3.63, 3.8) is 0 Å². The zero-order chi connectivity index (χ0) is 28.6. The number of anilines is 1. The van der Waals surface area contributed by atoms with Crippen molar-refractivity contribution in [1.29, 1.82) is 0 Å². The van der Waals surface area contributed by atoms with Gasteiger partial charge in [0.1, 0.15) is 6.04 Å². The minimum absolute atomic E-state index is 0.0345. The van der Waals surface area contributed by atoms with E-state index >= 15 is 0 Å². The van der Waals surface area contributed by atoms with Gasteiger partial charge in [-0.1, -0.05) is 60.2 Å². The van der Waals surface area contributed by atoms with Crippen LogP contribution in [-0.4, -0.2) is 51.0 Å². The van der Waals surface area contributed by atoms with Gasteiger partial charge < -0.3 is 10.2 Å². The lowest BCUT2D eigenvalue weighted by Crippen LogP contribution is -2.49. The van der Waals surface area contributed by atoms with Gasteiger partial charge in [0.05, 0.1) is 11.9 Å². The van der Waals surface area contributed by atoms with Crippen molar-refractivity contribution < 1.29 is 26.8 Å². The molecule has 10 heteroatoms. The number of nitrogens with zero attached hydrogens (tertiary/aromatic N) is 2. The number of aryl methyl sites for hydroxylation is 1. The van der Waals surface area contributed by atoms with Gasteiger partial charge in [0, 0.05) is 39.0 Å². The van der Waals surface area contributed by atoms with Gasteiger partial charge in [-0.05, 0) is 36.6 Å². The Labute approximate surface area is 228 Å². The Bertz CT molecular complexity index is 1400. The van der Waals surface area contributed by atoms with E-state index in [1.54, 1.807) is 0 Å². The third-order valence-corrected chi connectivity index (χ3v) is 7.49. The molecule has 7 nitrogen and oxygen atoms in total. The van der Waals surface area contributed by atoms with Crippen molar-refractivity contribution >= 4 is 27.5 Å². The Morgan fingerprint density at radius 1 is 0.923 bits per heavy atom. The summed E-state index contributed by atoms with van der Waals surface area (Å²) in [5.74, 6) is -2.91. The van der Waals surface area contributed by atoms with Crippen LogP contribution in [0.5, 0.6) is 0 Å². The smallest absolute Gasteiger partial charge is 0.242 e. The molecular formula is C29H33F2N3O4S. The van der Waals surface area contributed by atoms with Crippen LogP contribution in [0.3, 0.4) is 0 Å². The molecule has 208 valence electrons.